The zero-order chi connectivity index (χ0) is 23.0. The lowest BCUT2D eigenvalue weighted by atomic mass is 9.89. The molecular formula is C15H24ClF9O3Si. The van der Waals surface area contributed by atoms with Crippen molar-refractivity contribution in [1.29, 1.82) is 0 Å². The molecule has 0 aliphatic rings. The highest BCUT2D eigenvalue weighted by Gasteiger charge is 2.59. The molecule has 14 heteroatoms. The maximum atomic E-state index is 13.2. The number of hydrogen-bond donors (Lipinski definition) is 0. The van der Waals surface area contributed by atoms with Crippen LogP contribution >= 0.6 is 11.6 Å². The van der Waals surface area contributed by atoms with Gasteiger partial charge in [-0.3, -0.25) is 0 Å². The molecule has 0 aromatic heterocycles. The summed E-state index contributed by atoms with van der Waals surface area (Å²) in [6.45, 7) is 1.59. The maximum absolute atomic E-state index is 13.2. The number of halogens is 10. The van der Waals surface area contributed by atoms with Gasteiger partial charge in [0.1, 0.15) is 6.04 Å². The third-order valence-electron chi connectivity index (χ3n) is 3.58. The summed E-state index contributed by atoms with van der Waals surface area (Å²) in [4.78, 5) is 0. The van der Waals surface area contributed by atoms with E-state index < -0.39 is 71.5 Å². The predicted molar refractivity (Wildman–Crippen MR) is 89.6 cm³/mol. The molecular weight excluding hydrogens is 463 g/mol. The van der Waals surface area contributed by atoms with Crippen LogP contribution in [0.5, 0.6) is 0 Å². The molecule has 0 unspecified atom stereocenters. The van der Waals surface area contributed by atoms with Gasteiger partial charge in [-0.2, -0.15) is 39.5 Å². The first-order valence-electron chi connectivity index (χ1n) is 8.75. The van der Waals surface area contributed by atoms with E-state index in [-0.39, 0.29) is 18.7 Å². The smallest absolute Gasteiger partial charge is 0.374 e. The van der Waals surface area contributed by atoms with Gasteiger partial charge in [0.15, 0.2) is 0 Å². The number of alkyl halides is 10. The fourth-order valence-corrected chi connectivity index (χ4v) is 5.83. The average molecular weight is 487 g/mol. The molecule has 0 aliphatic heterocycles. The molecule has 0 aromatic rings. The summed E-state index contributed by atoms with van der Waals surface area (Å²) in [6, 6.07) is -1.91. The van der Waals surface area contributed by atoms with E-state index in [0.717, 1.165) is 0 Å². The number of unbranched alkanes of at least 4 members (excludes halogenated alkanes) is 1. The molecule has 0 rings (SSSR count). The van der Waals surface area contributed by atoms with Gasteiger partial charge in [0.05, 0.1) is 18.4 Å². The van der Waals surface area contributed by atoms with Crippen LogP contribution in [0.1, 0.15) is 46.0 Å². The van der Waals surface area contributed by atoms with Crippen LogP contribution in [-0.2, 0) is 13.3 Å². The van der Waals surface area contributed by atoms with Gasteiger partial charge in [0.25, 0.3) is 0 Å². The third kappa shape index (κ3) is 12.9. The van der Waals surface area contributed by atoms with Crippen LogP contribution in [0.2, 0.25) is 6.04 Å². The van der Waals surface area contributed by atoms with E-state index in [2.05, 4.69) is 0 Å². The summed E-state index contributed by atoms with van der Waals surface area (Å²) in [7, 11) is -4.98. The molecule has 3 nitrogen and oxygen atoms in total. The second-order valence-corrected chi connectivity index (χ2v) is 9.24. The van der Waals surface area contributed by atoms with Crippen molar-refractivity contribution < 1.29 is 52.8 Å². The van der Waals surface area contributed by atoms with E-state index in [1.54, 1.807) is 0 Å². The highest BCUT2D eigenvalue weighted by Crippen LogP contribution is 2.45. The Morgan fingerprint density at radius 3 is 1.48 bits per heavy atom. The normalized spacial score (nSPS) is 14.5. The third-order valence-corrected chi connectivity index (χ3v) is 6.88. The van der Waals surface area contributed by atoms with Gasteiger partial charge in [-0.1, -0.05) is 0 Å². The van der Waals surface area contributed by atoms with Crippen LogP contribution in [0.25, 0.3) is 0 Å². The van der Waals surface area contributed by atoms with Crippen LogP contribution in [0.15, 0.2) is 0 Å². The number of rotatable bonds is 13. The average Bonchev–Trinajstić information content (AvgIpc) is 2.41. The first kappa shape index (κ1) is 28.8. The van der Waals surface area contributed by atoms with E-state index >= 15 is 0 Å². The quantitative estimate of drug-likeness (QED) is 0.127. The second kappa shape index (κ2) is 11.4. The summed E-state index contributed by atoms with van der Waals surface area (Å²) >= 11 is 5.44. The Morgan fingerprint density at radius 1 is 0.724 bits per heavy atom. The summed E-state index contributed by atoms with van der Waals surface area (Å²) in [6.07, 6.45) is -20.4. The van der Waals surface area contributed by atoms with Gasteiger partial charge in [-0.15, -0.1) is 11.6 Å². The zero-order valence-corrected chi connectivity index (χ0v) is 17.6. The van der Waals surface area contributed by atoms with Crippen LogP contribution in [0.3, 0.4) is 0 Å². The molecule has 0 amide bonds. The predicted octanol–water partition coefficient (Wildman–Crippen LogP) is 6.63. The molecule has 0 saturated heterocycles. The summed E-state index contributed by atoms with van der Waals surface area (Å²) in [5, 5.41) is 0. The summed E-state index contributed by atoms with van der Waals surface area (Å²) in [5.74, 6) is -0.0455. The van der Waals surface area contributed by atoms with E-state index in [0.29, 0.717) is 0 Å². The highest BCUT2D eigenvalue weighted by atomic mass is 35.5. The Bertz CT molecular complexity index is 447. The first-order valence-corrected chi connectivity index (χ1v) is 11.2. The first-order chi connectivity index (χ1) is 13.0. The van der Waals surface area contributed by atoms with Crippen LogP contribution in [0, 0.1) is 0 Å². The van der Waals surface area contributed by atoms with Gasteiger partial charge in [0.2, 0.25) is 0 Å². The van der Waals surface area contributed by atoms with Crippen molar-refractivity contribution in [2.24, 2.45) is 0 Å². The van der Waals surface area contributed by atoms with Crippen molar-refractivity contribution in [3.05, 3.63) is 0 Å². The summed E-state index contributed by atoms with van der Waals surface area (Å²) in [5.41, 5.74) is -3.02. The Balaban J connectivity index is 6.27. The van der Waals surface area contributed by atoms with Crippen LogP contribution in [-0.4, -0.2) is 52.0 Å². The molecule has 0 radical (unpaired) electrons. The van der Waals surface area contributed by atoms with E-state index in [4.69, 9.17) is 24.9 Å². The Labute approximate surface area is 169 Å². The molecule has 0 spiro atoms. The minimum absolute atomic E-state index is 0.0455. The van der Waals surface area contributed by atoms with Gasteiger partial charge < -0.3 is 13.3 Å². The molecule has 0 fully saturated rings. The largest absolute Gasteiger partial charge is 0.510 e. The van der Waals surface area contributed by atoms with Crippen molar-refractivity contribution in [3.8, 4) is 0 Å². The molecule has 29 heavy (non-hydrogen) atoms. The highest BCUT2D eigenvalue weighted by molar-refractivity contribution is 6.61. The lowest BCUT2D eigenvalue weighted by molar-refractivity contribution is -0.222. The molecule has 0 N–H and O–H groups in total. The minimum Gasteiger partial charge on any atom is -0.374 e. The van der Waals surface area contributed by atoms with E-state index in [1.165, 1.54) is 13.8 Å². The molecule has 0 aromatic carbocycles. The molecule has 0 aliphatic carbocycles. The Morgan fingerprint density at radius 2 is 1.17 bits per heavy atom. The molecule has 0 heterocycles. The number of hydrogen-bond acceptors (Lipinski definition) is 3. The van der Waals surface area contributed by atoms with Crippen molar-refractivity contribution in [2.45, 2.75) is 76.1 Å². The minimum atomic E-state index is -5.14. The molecule has 0 atom stereocenters. The van der Waals surface area contributed by atoms with Gasteiger partial charge in [0, 0.05) is 19.1 Å². The van der Waals surface area contributed by atoms with Crippen molar-refractivity contribution >= 4 is 20.4 Å². The molecule has 0 saturated carbocycles. The van der Waals surface area contributed by atoms with E-state index in [1.807, 2.05) is 0 Å². The SMILES string of the molecule is CCO[Si](CC(F)(F)F)(OCC)OC(CCCCCl)(CC(F)(F)F)CC(F)(F)F. The summed E-state index contributed by atoms with van der Waals surface area (Å²) < 4.78 is 133. The monoisotopic (exact) mass is 486 g/mol. The molecule has 0 bridgehead atoms. The van der Waals surface area contributed by atoms with Gasteiger partial charge >= 0.3 is 27.3 Å². The van der Waals surface area contributed by atoms with Crippen LogP contribution in [0.4, 0.5) is 39.5 Å². The standard InChI is InChI=1S/C15H24ClF9O3Si/c1-3-26-29(27-4-2,11-15(23,24)25)28-12(7-5-6-8-16,9-13(17,18)19)10-14(20,21)22/h3-11H2,1-2H3. The lowest BCUT2D eigenvalue weighted by Crippen LogP contribution is -2.57. The van der Waals surface area contributed by atoms with Crippen molar-refractivity contribution in [2.75, 3.05) is 19.1 Å². The second-order valence-electron chi connectivity index (χ2n) is 6.36. The van der Waals surface area contributed by atoms with Gasteiger partial charge in [-0.05, 0) is 33.1 Å². The van der Waals surface area contributed by atoms with Crippen molar-refractivity contribution in [1.82, 2.24) is 0 Å². The Hall–Kier alpha value is -0.243. The zero-order valence-electron chi connectivity index (χ0n) is 15.9. The fraction of sp³-hybridized carbons (Fsp3) is 1.00. The van der Waals surface area contributed by atoms with Gasteiger partial charge in [-0.25, -0.2) is 0 Å². The van der Waals surface area contributed by atoms with Crippen LogP contribution < -0.4 is 0 Å². The lowest BCUT2D eigenvalue weighted by Gasteiger charge is -2.42. The maximum Gasteiger partial charge on any atom is 0.510 e. The van der Waals surface area contributed by atoms with E-state index in [9.17, 15) is 39.5 Å². The fourth-order valence-electron chi connectivity index (χ4n) is 2.89. The van der Waals surface area contributed by atoms with Crippen molar-refractivity contribution in [3.63, 3.8) is 0 Å². The Kier molecular flexibility index (Phi) is 11.3. The topological polar surface area (TPSA) is 27.7 Å². The molecule has 176 valence electrons.